The molecule has 0 unspecified atom stereocenters. The number of amides is 2. The number of benzene rings is 2. The number of ether oxygens (including phenoxy) is 2. The first-order chi connectivity index (χ1) is 14.6. The number of likely N-dealkylation sites (tertiary alicyclic amines) is 1. The summed E-state index contributed by atoms with van der Waals surface area (Å²) < 4.78 is 10.2. The highest BCUT2D eigenvalue weighted by molar-refractivity contribution is 6.04. The number of anilines is 1. The van der Waals surface area contributed by atoms with Crippen LogP contribution in [0.5, 0.6) is 5.75 Å². The van der Waals surface area contributed by atoms with E-state index in [1.54, 1.807) is 36.3 Å². The lowest BCUT2D eigenvalue weighted by Crippen LogP contribution is -2.44. The standard InChI is InChI=1S/C23H29N3O4/c1-3-30-23(28)26-13-11-19(12-14-26)24-16-17-5-4-6-20(15-17)25-22(27)18-7-9-21(29-2)10-8-18/h4-10,15,19,24H,3,11-14,16H2,1-2H3,(H,25,27). The summed E-state index contributed by atoms with van der Waals surface area (Å²) >= 11 is 0. The highest BCUT2D eigenvalue weighted by Gasteiger charge is 2.23. The van der Waals surface area contributed by atoms with Crippen LogP contribution < -0.4 is 15.4 Å². The predicted molar refractivity (Wildman–Crippen MR) is 116 cm³/mol. The molecular formula is C23H29N3O4. The molecule has 2 N–H and O–H groups in total. The maximum atomic E-state index is 12.5. The summed E-state index contributed by atoms with van der Waals surface area (Å²) in [6, 6.07) is 15.2. The fraction of sp³-hybridized carbons (Fsp3) is 0.391. The van der Waals surface area contributed by atoms with Crippen molar-refractivity contribution in [2.45, 2.75) is 32.4 Å². The summed E-state index contributed by atoms with van der Waals surface area (Å²) in [6.45, 7) is 4.33. The lowest BCUT2D eigenvalue weighted by Gasteiger charge is -2.31. The van der Waals surface area contributed by atoms with E-state index >= 15 is 0 Å². The lowest BCUT2D eigenvalue weighted by atomic mass is 10.0. The maximum Gasteiger partial charge on any atom is 0.409 e. The molecule has 3 rings (SSSR count). The van der Waals surface area contributed by atoms with Crippen molar-refractivity contribution in [3.63, 3.8) is 0 Å². The molecule has 160 valence electrons. The minimum Gasteiger partial charge on any atom is -0.497 e. The lowest BCUT2D eigenvalue weighted by molar-refractivity contribution is 0.0949. The molecule has 2 aromatic carbocycles. The largest absolute Gasteiger partial charge is 0.497 e. The smallest absolute Gasteiger partial charge is 0.409 e. The maximum absolute atomic E-state index is 12.5. The Morgan fingerprint density at radius 2 is 1.83 bits per heavy atom. The molecule has 0 aliphatic carbocycles. The summed E-state index contributed by atoms with van der Waals surface area (Å²) in [5.41, 5.74) is 2.43. The summed E-state index contributed by atoms with van der Waals surface area (Å²) in [5, 5.41) is 6.49. The predicted octanol–water partition coefficient (Wildman–Crippen LogP) is 3.66. The quantitative estimate of drug-likeness (QED) is 0.727. The van der Waals surface area contributed by atoms with Gasteiger partial charge >= 0.3 is 6.09 Å². The van der Waals surface area contributed by atoms with Gasteiger partial charge in [0.15, 0.2) is 0 Å². The van der Waals surface area contributed by atoms with E-state index < -0.39 is 0 Å². The molecule has 0 atom stereocenters. The van der Waals surface area contributed by atoms with E-state index in [0.717, 1.165) is 24.1 Å². The van der Waals surface area contributed by atoms with Crippen LogP contribution in [-0.2, 0) is 11.3 Å². The Morgan fingerprint density at radius 1 is 1.10 bits per heavy atom. The van der Waals surface area contributed by atoms with Gasteiger partial charge in [0, 0.05) is 36.9 Å². The van der Waals surface area contributed by atoms with Gasteiger partial charge in [0.25, 0.3) is 5.91 Å². The molecule has 1 fully saturated rings. The van der Waals surface area contributed by atoms with Gasteiger partial charge in [-0.3, -0.25) is 4.79 Å². The average molecular weight is 412 g/mol. The van der Waals surface area contributed by atoms with Crippen molar-refractivity contribution in [3.05, 3.63) is 59.7 Å². The zero-order chi connectivity index (χ0) is 21.3. The third kappa shape index (κ3) is 5.97. The Balaban J connectivity index is 1.48. The van der Waals surface area contributed by atoms with E-state index in [2.05, 4.69) is 10.6 Å². The van der Waals surface area contributed by atoms with Crippen molar-refractivity contribution >= 4 is 17.7 Å². The SMILES string of the molecule is CCOC(=O)N1CCC(NCc2cccc(NC(=O)c3ccc(OC)cc3)c2)CC1. The van der Waals surface area contributed by atoms with Gasteiger partial charge in [0.2, 0.25) is 0 Å². The highest BCUT2D eigenvalue weighted by Crippen LogP contribution is 2.16. The zero-order valence-electron chi connectivity index (χ0n) is 17.5. The van der Waals surface area contributed by atoms with E-state index in [1.807, 2.05) is 31.2 Å². The summed E-state index contributed by atoms with van der Waals surface area (Å²) in [6.07, 6.45) is 1.57. The van der Waals surface area contributed by atoms with E-state index in [4.69, 9.17) is 9.47 Å². The number of piperidine rings is 1. The Labute approximate surface area is 177 Å². The second-order valence-corrected chi connectivity index (χ2v) is 7.22. The molecule has 2 amide bonds. The van der Waals surface area contributed by atoms with Crippen molar-refractivity contribution in [2.75, 3.05) is 32.1 Å². The van der Waals surface area contributed by atoms with Gasteiger partial charge < -0.3 is 25.0 Å². The normalized spacial score (nSPS) is 14.3. The summed E-state index contributed by atoms with van der Waals surface area (Å²) in [4.78, 5) is 26.0. The first kappa shape index (κ1) is 21.6. The molecule has 1 saturated heterocycles. The fourth-order valence-electron chi connectivity index (χ4n) is 3.45. The number of hydrogen-bond donors (Lipinski definition) is 2. The van der Waals surface area contributed by atoms with E-state index in [-0.39, 0.29) is 12.0 Å². The van der Waals surface area contributed by atoms with Gasteiger partial charge in [-0.05, 0) is 61.7 Å². The van der Waals surface area contributed by atoms with Crippen molar-refractivity contribution in [2.24, 2.45) is 0 Å². The average Bonchev–Trinajstić information content (AvgIpc) is 2.78. The Bertz CT molecular complexity index is 846. The van der Waals surface area contributed by atoms with Gasteiger partial charge in [0.05, 0.1) is 13.7 Å². The Kier molecular flexibility index (Phi) is 7.68. The van der Waals surface area contributed by atoms with Gasteiger partial charge in [-0.25, -0.2) is 4.79 Å². The molecule has 1 heterocycles. The molecule has 7 nitrogen and oxygen atoms in total. The van der Waals surface area contributed by atoms with Crippen LogP contribution in [0.4, 0.5) is 10.5 Å². The van der Waals surface area contributed by atoms with Crippen molar-refractivity contribution in [3.8, 4) is 5.75 Å². The van der Waals surface area contributed by atoms with Crippen LogP contribution in [0.2, 0.25) is 0 Å². The number of nitrogens with zero attached hydrogens (tertiary/aromatic N) is 1. The van der Waals surface area contributed by atoms with Crippen LogP contribution >= 0.6 is 0 Å². The summed E-state index contributed by atoms with van der Waals surface area (Å²) in [5.74, 6) is 0.557. The number of methoxy groups -OCH3 is 1. The molecule has 7 heteroatoms. The molecular weight excluding hydrogens is 382 g/mol. The minimum absolute atomic E-state index is 0.158. The molecule has 0 saturated carbocycles. The molecule has 1 aliphatic heterocycles. The fourth-order valence-corrected chi connectivity index (χ4v) is 3.45. The van der Waals surface area contributed by atoms with Gasteiger partial charge in [0.1, 0.15) is 5.75 Å². The Hall–Kier alpha value is -3.06. The number of rotatable bonds is 7. The number of nitrogens with one attached hydrogen (secondary N) is 2. The van der Waals surface area contributed by atoms with Crippen LogP contribution in [0.1, 0.15) is 35.7 Å². The van der Waals surface area contributed by atoms with Crippen molar-refractivity contribution < 1.29 is 19.1 Å². The zero-order valence-corrected chi connectivity index (χ0v) is 17.5. The second-order valence-electron chi connectivity index (χ2n) is 7.22. The molecule has 0 bridgehead atoms. The molecule has 30 heavy (non-hydrogen) atoms. The van der Waals surface area contributed by atoms with Crippen LogP contribution in [0.15, 0.2) is 48.5 Å². The van der Waals surface area contributed by atoms with Crippen LogP contribution in [0.3, 0.4) is 0 Å². The highest BCUT2D eigenvalue weighted by atomic mass is 16.6. The molecule has 0 aromatic heterocycles. The third-order valence-electron chi connectivity index (χ3n) is 5.15. The first-order valence-electron chi connectivity index (χ1n) is 10.3. The van der Waals surface area contributed by atoms with Gasteiger partial charge in [-0.2, -0.15) is 0 Å². The van der Waals surface area contributed by atoms with Crippen molar-refractivity contribution in [1.82, 2.24) is 10.2 Å². The van der Waals surface area contributed by atoms with E-state index in [0.29, 0.717) is 43.6 Å². The van der Waals surface area contributed by atoms with Crippen LogP contribution in [-0.4, -0.2) is 49.7 Å². The monoisotopic (exact) mass is 411 g/mol. The number of hydrogen-bond acceptors (Lipinski definition) is 5. The van der Waals surface area contributed by atoms with Gasteiger partial charge in [-0.15, -0.1) is 0 Å². The van der Waals surface area contributed by atoms with Crippen molar-refractivity contribution in [1.29, 1.82) is 0 Å². The molecule has 2 aromatic rings. The van der Waals surface area contributed by atoms with E-state index in [9.17, 15) is 9.59 Å². The topological polar surface area (TPSA) is 79.9 Å². The molecule has 0 radical (unpaired) electrons. The molecule has 0 spiro atoms. The first-order valence-corrected chi connectivity index (χ1v) is 10.3. The summed E-state index contributed by atoms with van der Waals surface area (Å²) in [7, 11) is 1.60. The van der Waals surface area contributed by atoms with Gasteiger partial charge in [-0.1, -0.05) is 12.1 Å². The number of carbonyl (C=O) groups excluding carboxylic acids is 2. The van der Waals surface area contributed by atoms with Crippen LogP contribution in [0.25, 0.3) is 0 Å². The molecule has 1 aliphatic rings. The minimum atomic E-state index is -0.226. The Morgan fingerprint density at radius 3 is 2.50 bits per heavy atom. The number of carbonyl (C=O) groups is 2. The van der Waals surface area contributed by atoms with E-state index in [1.165, 1.54) is 0 Å². The third-order valence-corrected chi connectivity index (χ3v) is 5.15. The van der Waals surface area contributed by atoms with Crippen LogP contribution in [0, 0.1) is 0 Å². The second kappa shape index (κ2) is 10.6.